The zero-order chi connectivity index (χ0) is 6.53. The third-order valence-electron chi connectivity index (χ3n) is 1.31. The Morgan fingerprint density at radius 1 is 1.44 bits per heavy atom. The van der Waals surface area contributed by atoms with Gasteiger partial charge < -0.3 is 9.84 Å². The van der Waals surface area contributed by atoms with Gasteiger partial charge in [0.1, 0.15) is 0 Å². The Bertz CT molecular complexity index is 99.1. The molecule has 0 unspecified atom stereocenters. The molecule has 0 fully saturated rings. The second kappa shape index (κ2) is 3.64. The molecule has 0 aromatic rings. The topological polar surface area (TPSA) is 29.5 Å². The van der Waals surface area contributed by atoms with Gasteiger partial charge >= 0.3 is 0 Å². The molecule has 1 aliphatic heterocycles. The van der Waals surface area contributed by atoms with E-state index in [1.807, 2.05) is 12.2 Å². The summed E-state index contributed by atoms with van der Waals surface area (Å²) in [5, 5.41) is 9.04. The molecule has 0 saturated carbocycles. The van der Waals surface area contributed by atoms with E-state index in [1.165, 1.54) is 0 Å². The van der Waals surface area contributed by atoms with E-state index >= 15 is 0 Å². The minimum atomic E-state index is -0.290. The first-order valence-corrected chi connectivity index (χ1v) is 3.30. The average molecular weight is 128 g/mol. The summed E-state index contributed by atoms with van der Waals surface area (Å²) >= 11 is 0. The van der Waals surface area contributed by atoms with Gasteiger partial charge in [-0.3, -0.25) is 0 Å². The molecule has 0 radical (unpaired) electrons. The molecule has 1 rings (SSSR count). The second-order valence-corrected chi connectivity index (χ2v) is 2.22. The summed E-state index contributed by atoms with van der Waals surface area (Å²) in [5.41, 5.74) is 0. The minimum absolute atomic E-state index is 0.290. The van der Waals surface area contributed by atoms with E-state index < -0.39 is 0 Å². The minimum Gasteiger partial charge on any atom is -0.390 e. The molecule has 1 atom stereocenters. The van der Waals surface area contributed by atoms with Crippen LogP contribution in [0.4, 0.5) is 0 Å². The summed E-state index contributed by atoms with van der Waals surface area (Å²) in [6, 6.07) is 0. The van der Waals surface area contributed by atoms with E-state index in [0.29, 0.717) is 6.61 Å². The van der Waals surface area contributed by atoms with Gasteiger partial charge in [0.25, 0.3) is 0 Å². The maximum Gasteiger partial charge on any atom is 0.0807 e. The van der Waals surface area contributed by atoms with Gasteiger partial charge in [-0.15, -0.1) is 0 Å². The monoisotopic (exact) mass is 128 g/mol. The highest BCUT2D eigenvalue weighted by Gasteiger charge is 2.02. The van der Waals surface area contributed by atoms with Gasteiger partial charge in [0.15, 0.2) is 0 Å². The number of aliphatic hydroxyl groups excluding tert-OH is 1. The molecular formula is C7H12O2. The second-order valence-electron chi connectivity index (χ2n) is 2.22. The van der Waals surface area contributed by atoms with Crippen molar-refractivity contribution in [1.82, 2.24) is 0 Å². The molecule has 52 valence electrons. The van der Waals surface area contributed by atoms with Gasteiger partial charge in [0.05, 0.1) is 19.3 Å². The Balaban J connectivity index is 2.28. The molecule has 9 heavy (non-hydrogen) atoms. The van der Waals surface area contributed by atoms with E-state index in [2.05, 4.69) is 0 Å². The fourth-order valence-electron chi connectivity index (χ4n) is 0.810. The van der Waals surface area contributed by atoms with Gasteiger partial charge in [0.2, 0.25) is 0 Å². The van der Waals surface area contributed by atoms with Crippen LogP contribution in [-0.4, -0.2) is 24.4 Å². The van der Waals surface area contributed by atoms with Crippen LogP contribution in [0.5, 0.6) is 0 Å². The molecule has 2 heteroatoms. The highest BCUT2D eigenvalue weighted by atomic mass is 16.5. The van der Waals surface area contributed by atoms with E-state index in [1.54, 1.807) is 0 Å². The van der Waals surface area contributed by atoms with Crippen LogP contribution < -0.4 is 0 Å². The standard InChI is InChI=1S/C7H12O2/c8-7-4-2-1-3-5-9-6-7/h1-2,7-8H,3-6H2/t7-/m0/s1. The Labute approximate surface area is 55.1 Å². The molecule has 1 N–H and O–H groups in total. The van der Waals surface area contributed by atoms with Crippen LogP contribution in [0.15, 0.2) is 12.2 Å². The van der Waals surface area contributed by atoms with Crippen LogP contribution in [0.2, 0.25) is 0 Å². The van der Waals surface area contributed by atoms with Crippen LogP contribution in [0, 0.1) is 0 Å². The SMILES string of the molecule is O[C@H]1CC=CCCOC1. The fourth-order valence-corrected chi connectivity index (χ4v) is 0.810. The largest absolute Gasteiger partial charge is 0.390 e. The molecular weight excluding hydrogens is 116 g/mol. The quantitative estimate of drug-likeness (QED) is 0.487. The lowest BCUT2D eigenvalue weighted by Crippen LogP contribution is -2.15. The molecule has 0 aromatic heterocycles. The summed E-state index contributed by atoms with van der Waals surface area (Å²) in [6.07, 6.45) is 5.48. The summed E-state index contributed by atoms with van der Waals surface area (Å²) in [6.45, 7) is 1.23. The average Bonchev–Trinajstić information content (AvgIpc) is 1.79. The Hall–Kier alpha value is -0.340. The molecule has 0 amide bonds. The molecule has 0 bridgehead atoms. The smallest absolute Gasteiger partial charge is 0.0807 e. The Morgan fingerprint density at radius 3 is 3.22 bits per heavy atom. The lowest BCUT2D eigenvalue weighted by atomic mass is 10.2. The Kier molecular flexibility index (Phi) is 2.74. The lowest BCUT2D eigenvalue weighted by Gasteiger charge is -2.10. The predicted molar refractivity (Wildman–Crippen MR) is 35.2 cm³/mol. The summed E-state index contributed by atoms with van der Waals surface area (Å²) in [7, 11) is 0. The number of hydrogen-bond donors (Lipinski definition) is 1. The maximum absolute atomic E-state index is 9.04. The predicted octanol–water partition coefficient (Wildman–Crippen LogP) is 0.714. The zero-order valence-corrected chi connectivity index (χ0v) is 5.42. The first-order chi connectivity index (χ1) is 4.39. The third-order valence-corrected chi connectivity index (χ3v) is 1.31. The van der Waals surface area contributed by atoms with E-state index in [4.69, 9.17) is 9.84 Å². The highest BCUT2D eigenvalue weighted by Crippen LogP contribution is 2.00. The van der Waals surface area contributed by atoms with Crippen molar-refractivity contribution < 1.29 is 9.84 Å². The van der Waals surface area contributed by atoms with Crippen LogP contribution in [0.1, 0.15) is 12.8 Å². The first kappa shape index (κ1) is 6.78. The third kappa shape index (κ3) is 2.63. The van der Waals surface area contributed by atoms with Crippen molar-refractivity contribution in [3.8, 4) is 0 Å². The summed E-state index contributed by atoms with van der Waals surface area (Å²) in [5.74, 6) is 0. The van der Waals surface area contributed by atoms with Crippen LogP contribution in [0.25, 0.3) is 0 Å². The molecule has 0 aliphatic carbocycles. The van der Waals surface area contributed by atoms with Crippen LogP contribution in [0.3, 0.4) is 0 Å². The van der Waals surface area contributed by atoms with Gasteiger partial charge in [0, 0.05) is 0 Å². The Morgan fingerprint density at radius 2 is 2.33 bits per heavy atom. The molecule has 1 aliphatic rings. The van der Waals surface area contributed by atoms with Crippen molar-refractivity contribution in [2.24, 2.45) is 0 Å². The molecule has 0 saturated heterocycles. The normalized spacial score (nSPS) is 29.2. The van der Waals surface area contributed by atoms with Crippen molar-refractivity contribution >= 4 is 0 Å². The number of hydrogen-bond acceptors (Lipinski definition) is 2. The summed E-state index contributed by atoms with van der Waals surface area (Å²) in [4.78, 5) is 0. The van der Waals surface area contributed by atoms with Crippen molar-refractivity contribution in [2.45, 2.75) is 18.9 Å². The van der Waals surface area contributed by atoms with E-state index in [-0.39, 0.29) is 6.10 Å². The number of ether oxygens (including phenoxy) is 1. The van der Waals surface area contributed by atoms with Gasteiger partial charge in [-0.25, -0.2) is 0 Å². The van der Waals surface area contributed by atoms with E-state index in [0.717, 1.165) is 19.4 Å². The highest BCUT2D eigenvalue weighted by molar-refractivity contribution is 4.85. The fraction of sp³-hybridized carbons (Fsp3) is 0.714. The van der Waals surface area contributed by atoms with Crippen LogP contribution >= 0.6 is 0 Å². The van der Waals surface area contributed by atoms with Gasteiger partial charge in [-0.1, -0.05) is 12.2 Å². The zero-order valence-electron chi connectivity index (χ0n) is 5.42. The van der Waals surface area contributed by atoms with Crippen molar-refractivity contribution in [3.05, 3.63) is 12.2 Å². The van der Waals surface area contributed by atoms with Crippen molar-refractivity contribution in [1.29, 1.82) is 0 Å². The molecule has 0 aromatic carbocycles. The van der Waals surface area contributed by atoms with E-state index in [9.17, 15) is 0 Å². The maximum atomic E-state index is 9.04. The number of rotatable bonds is 0. The van der Waals surface area contributed by atoms with Crippen molar-refractivity contribution in [2.75, 3.05) is 13.2 Å². The van der Waals surface area contributed by atoms with Crippen LogP contribution in [-0.2, 0) is 4.74 Å². The molecule has 1 heterocycles. The first-order valence-electron chi connectivity index (χ1n) is 3.30. The number of aliphatic hydroxyl groups is 1. The molecule has 0 spiro atoms. The summed E-state index contributed by atoms with van der Waals surface area (Å²) < 4.78 is 5.09. The van der Waals surface area contributed by atoms with Crippen molar-refractivity contribution in [3.63, 3.8) is 0 Å². The van der Waals surface area contributed by atoms with Gasteiger partial charge in [-0.2, -0.15) is 0 Å². The van der Waals surface area contributed by atoms with Gasteiger partial charge in [-0.05, 0) is 12.8 Å². The lowest BCUT2D eigenvalue weighted by molar-refractivity contribution is 0.0377. The molecule has 2 nitrogen and oxygen atoms in total.